The van der Waals surface area contributed by atoms with E-state index in [0.29, 0.717) is 13.0 Å². The zero-order valence-corrected chi connectivity index (χ0v) is 14.1. The number of nitrogens with one attached hydrogen (secondary N) is 1. The third kappa shape index (κ3) is 5.44. The van der Waals surface area contributed by atoms with Gasteiger partial charge in [-0.3, -0.25) is 4.79 Å². The summed E-state index contributed by atoms with van der Waals surface area (Å²) in [6.07, 6.45) is 1.02. The van der Waals surface area contributed by atoms with E-state index in [4.69, 9.17) is 4.74 Å². The fraction of sp³-hybridized carbons (Fsp3) is 0.350. The zero-order valence-electron chi connectivity index (χ0n) is 14.1. The third-order valence-electron chi connectivity index (χ3n) is 3.69. The molecule has 2 rings (SSSR count). The molecule has 0 unspecified atom stereocenters. The minimum Gasteiger partial charge on any atom is -0.481 e. The Kier molecular flexibility index (Phi) is 6.21. The first-order valence-electron chi connectivity index (χ1n) is 8.15. The highest BCUT2D eigenvalue weighted by atomic mass is 16.5. The Bertz CT molecular complexity index is 617. The van der Waals surface area contributed by atoms with Crippen molar-refractivity contribution in [1.82, 2.24) is 5.32 Å². The Hall–Kier alpha value is -2.29. The lowest BCUT2D eigenvalue weighted by molar-refractivity contribution is -0.128. The van der Waals surface area contributed by atoms with Crippen molar-refractivity contribution in [1.29, 1.82) is 0 Å². The van der Waals surface area contributed by atoms with Crippen molar-refractivity contribution in [3.63, 3.8) is 0 Å². The van der Waals surface area contributed by atoms with Gasteiger partial charge in [0, 0.05) is 6.54 Å². The molecule has 0 aliphatic heterocycles. The van der Waals surface area contributed by atoms with E-state index in [-0.39, 0.29) is 5.91 Å². The van der Waals surface area contributed by atoms with Crippen molar-refractivity contribution < 1.29 is 9.53 Å². The number of aryl methyl sites for hydroxylation is 2. The van der Waals surface area contributed by atoms with Gasteiger partial charge in [0.1, 0.15) is 5.75 Å². The first-order chi connectivity index (χ1) is 11.1. The smallest absolute Gasteiger partial charge is 0.261 e. The molecule has 2 aromatic rings. The predicted molar refractivity (Wildman–Crippen MR) is 93.8 cm³/mol. The molecule has 0 aliphatic rings. The van der Waals surface area contributed by atoms with Crippen LogP contribution >= 0.6 is 0 Å². The highest BCUT2D eigenvalue weighted by Crippen LogP contribution is 2.18. The van der Waals surface area contributed by atoms with Crippen LogP contribution in [0.25, 0.3) is 0 Å². The second-order valence-corrected chi connectivity index (χ2v) is 5.86. The first-order valence-corrected chi connectivity index (χ1v) is 8.15. The zero-order chi connectivity index (χ0) is 16.7. The van der Waals surface area contributed by atoms with Crippen LogP contribution in [0.4, 0.5) is 0 Å². The summed E-state index contributed by atoms with van der Waals surface area (Å²) in [5, 5.41) is 2.97. The fourth-order valence-corrected chi connectivity index (χ4v) is 2.58. The lowest BCUT2D eigenvalue weighted by Gasteiger charge is -2.18. The van der Waals surface area contributed by atoms with E-state index >= 15 is 0 Å². The highest BCUT2D eigenvalue weighted by molar-refractivity contribution is 5.81. The molecule has 1 atom stereocenters. The van der Waals surface area contributed by atoms with Crippen LogP contribution in [0.5, 0.6) is 5.75 Å². The second-order valence-electron chi connectivity index (χ2n) is 5.86. The second kappa shape index (κ2) is 8.37. The average molecular weight is 311 g/mol. The van der Waals surface area contributed by atoms with Gasteiger partial charge in [0.15, 0.2) is 6.10 Å². The average Bonchev–Trinajstić information content (AvgIpc) is 2.52. The number of benzene rings is 2. The minimum absolute atomic E-state index is 0.0532. The molecular weight excluding hydrogens is 286 g/mol. The Morgan fingerprint density at radius 3 is 2.35 bits per heavy atom. The van der Waals surface area contributed by atoms with E-state index in [1.807, 2.05) is 51.1 Å². The molecule has 3 nitrogen and oxygen atoms in total. The van der Waals surface area contributed by atoms with Gasteiger partial charge in [0.2, 0.25) is 0 Å². The number of hydrogen-bond acceptors (Lipinski definition) is 2. The molecule has 1 N–H and O–H groups in total. The Labute approximate surface area is 138 Å². The number of rotatable bonds is 7. The van der Waals surface area contributed by atoms with E-state index < -0.39 is 6.10 Å². The molecule has 23 heavy (non-hydrogen) atoms. The van der Waals surface area contributed by atoms with Gasteiger partial charge in [-0.25, -0.2) is 0 Å². The maximum Gasteiger partial charge on any atom is 0.261 e. The lowest BCUT2D eigenvalue weighted by Crippen LogP contribution is -2.38. The first kappa shape index (κ1) is 17.1. The van der Waals surface area contributed by atoms with Crippen molar-refractivity contribution >= 4 is 5.91 Å². The van der Waals surface area contributed by atoms with Crippen molar-refractivity contribution in [3.05, 3.63) is 65.2 Å². The number of amides is 1. The molecule has 0 spiro atoms. The molecular formula is C20H25NO2. The number of carbonyl (C=O) groups excluding carboxylic acids is 1. The molecule has 0 aromatic heterocycles. The molecule has 0 saturated heterocycles. The summed E-state index contributed by atoms with van der Waals surface area (Å²) in [4.78, 5) is 12.3. The van der Waals surface area contributed by atoms with E-state index in [2.05, 4.69) is 23.5 Å². The van der Waals surface area contributed by atoms with Gasteiger partial charge in [-0.05, 0) is 55.5 Å². The number of ether oxygens (including phenoxy) is 1. The quantitative estimate of drug-likeness (QED) is 0.844. The Morgan fingerprint density at radius 2 is 1.74 bits per heavy atom. The normalized spacial score (nSPS) is 11.8. The standard InChI is InChI=1S/C20H25NO2/c1-4-19(23-18-13-15(2)12-16(3)14-18)20(22)21-11-10-17-8-6-5-7-9-17/h5-9,12-14,19H,4,10-11H2,1-3H3,(H,21,22)/t19-/m1/s1. The largest absolute Gasteiger partial charge is 0.481 e. The highest BCUT2D eigenvalue weighted by Gasteiger charge is 2.18. The van der Waals surface area contributed by atoms with Crippen LogP contribution < -0.4 is 10.1 Å². The van der Waals surface area contributed by atoms with Crippen LogP contribution in [0.15, 0.2) is 48.5 Å². The molecule has 122 valence electrons. The Morgan fingerprint density at radius 1 is 1.09 bits per heavy atom. The lowest BCUT2D eigenvalue weighted by atomic mass is 10.1. The number of carbonyl (C=O) groups is 1. The SMILES string of the molecule is CC[C@@H](Oc1cc(C)cc(C)c1)C(=O)NCCc1ccccc1. The van der Waals surface area contributed by atoms with Gasteiger partial charge < -0.3 is 10.1 Å². The van der Waals surface area contributed by atoms with Crippen LogP contribution in [-0.2, 0) is 11.2 Å². The van der Waals surface area contributed by atoms with Crippen molar-refractivity contribution in [2.45, 2.75) is 39.7 Å². The Balaban J connectivity index is 1.88. The monoisotopic (exact) mass is 311 g/mol. The molecule has 0 fully saturated rings. The van der Waals surface area contributed by atoms with Gasteiger partial charge in [-0.15, -0.1) is 0 Å². The van der Waals surface area contributed by atoms with Crippen LogP contribution in [0.3, 0.4) is 0 Å². The summed E-state index contributed by atoms with van der Waals surface area (Å²) < 4.78 is 5.88. The van der Waals surface area contributed by atoms with Gasteiger partial charge in [-0.2, -0.15) is 0 Å². The predicted octanol–water partition coefficient (Wildman–Crippen LogP) is 3.82. The van der Waals surface area contributed by atoms with Crippen molar-refractivity contribution in [2.75, 3.05) is 6.54 Å². The number of hydrogen-bond donors (Lipinski definition) is 1. The molecule has 3 heteroatoms. The minimum atomic E-state index is -0.452. The molecule has 2 aromatic carbocycles. The van der Waals surface area contributed by atoms with E-state index in [1.165, 1.54) is 5.56 Å². The molecule has 1 amide bonds. The van der Waals surface area contributed by atoms with Crippen molar-refractivity contribution in [3.8, 4) is 5.75 Å². The molecule has 0 heterocycles. The summed E-state index contributed by atoms with van der Waals surface area (Å²) in [5.74, 6) is 0.704. The molecule has 0 aliphatic carbocycles. The van der Waals surface area contributed by atoms with Gasteiger partial charge in [-0.1, -0.05) is 43.3 Å². The maximum atomic E-state index is 12.3. The van der Waals surface area contributed by atoms with Crippen LogP contribution in [0.2, 0.25) is 0 Å². The summed E-state index contributed by atoms with van der Waals surface area (Å²) in [7, 11) is 0. The van der Waals surface area contributed by atoms with Crippen LogP contribution in [0.1, 0.15) is 30.0 Å². The van der Waals surface area contributed by atoms with Crippen LogP contribution in [0, 0.1) is 13.8 Å². The van der Waals surface area contributed by atoms with Gasteiger partial charge in [0.05, 0.1) is 0 Å². The fourth-order valence-electron chi connectivity index (χ4n) is 2.58. The summed E-state index contributed by atoms with van der Waals surface area (Å²) in [6.45, 7) is 6.64. The molecule has 0 radical (unpaired) electrons. The van der Waals surface area contributed by atoms with Gasteiger partial charge in [0.25, 0.3) is 5.91 Å². The summed E-state index contributed by atoms with van der Waals surface area (Å²) in [5.41, 5.74) is 3.50. The molecule has 0 saturated carbocycles. The van der Waals surface area contributed by atoms with Crippen molar-refractivity contribution in [2.24, 2.45) is 0 Å². The summed E-state index contributed by atoms with van der Waals surface area (Å²) >= 11 is 0. The van der Waals surface area contributed by atoms with Crippen LogP contribution in [-0.4, -0.2) is 18.6 Å². The topological polar surface area (TPSA) is 38.3 Å². The van der Waals surface area contributed by atoms with E-state index in [0.717, 1.165) is 23.3 Å². The summed E-state index contributed by atoms with van der Waals surface area (Å²) in [6, 6.07) is 16.2. The maximum absolute atomic E-state index is 12.3. The van der Waals surface area contributed by atoms with E-state index in [9.17, 15) is 4.79 Å². The van der Waals surface area contributed by atoms with E-state index in [1.54, 1.807) is 0 Å². The molecule has 0 bridgehead atoms. The third-order valence-corrected chi connectivity index (χ3v) is 3.69. The van der Waals surface area contributed by atoms with Gasteiger partial charge >= 0.3 is 0 Å².